The Morgan fingerprint density at radius 2 is 1.85 bits per heavy atom. The van der Waals surface area contributed by atoms with Crippen LogP contribution in [0.2, 0.25) is 0 Å². The molecule has 3 rings (SSSR count). The molecule has 27 heavy (non-hydrogen) atoms. The van der Waals surface area contributed by atoms with Crippen molar-refractivity contribution in [3.8, 4) is 0 Å². The zero-order chi connectivity index (χ0) is 19.8. The Hall–Kier alpha value is -1.87. The maximum Gasteiger partial charge on any atom is 0.303 e. The van der Waals surface area contributed by atoms with E-state index >= 15 is 0 Å². The highest BCUT2D eigenvalue weighted by Gasteiger charge is 2.49. The molecule has 0 saturated carbocycles. The molecule has 2 heterocycles. The molecule has 9 heteroatoms. The van der Waals surface area contributed by atoms with Gasteiger partial charge in [0.25, 0.3) is 0 Å². The van der Waals surface area contributed by atoms with E-state index in [0.29, 0.717) is 5.17 Å². The summed E-state index contributed by atoms with van der Waals surface area (Å²) in [6, 6.07) is 5.71. The van der Waals surface area contributed by atoms with Crippen molar-refractivity contribution in [3.05, 3.63) is 29.3 Å². The number of aliphatic imine (C=N–C) groups is 1. The molecule has 0 unspecified atom stereocenters. The number of sulfone groups is 1. The number of hydrogen-bond donors (Lipinski definition) is 1. The van der Waals surface area contributed by atoms with Gasteiger partial charge in [0.1, 0.15) is 0 Å². The highest BCUT2D eigenvalue weighted by molar-refractivity contribution is 8.16. The Balaban J connectivity index is 1.89. The van der Waals surface area contributed by atoms with Gasteiger partial charge in [-0.05, 0) is 43.5 Å². The van der Waals surface area contributed by atoms with Crippen LogP contribution in [0.15, 0.2) is 23.2 Å². The van der Waals surface area contributed by atoms with E-state index in [4.69, 9.17) is 5.11 Å². The van der Waals surface area contributed by atoms with Gasteiger partial charge in [-0.25, -0.2) is 8.42 Å². The third kappa shape index (κ3) is 4.70. The molecular weight excluding hydrogens is 388 g/mol. The van der Waals surface area contributed by atoms with Crippen LogP contribution in [-0.2, 0) is 19.4 Å². The number of aryl methyl sites for hydroxylation is 2. The second-order valence-corrected chi connectivity index (χ2v) is 10.4. The third-order valence-corrected chi connectivity index (χ3v) is 7.76. The minimum Gasteiger partial charge on any atom is -0.481 e. The van der Waals surface area contributed by atoms with Crippen molar-refractivity contribution < 1.29 is 23.1 Å². The molecule has 2 fully saturated rings. The van der Waals surface area contributed by atoms with Crippen molar-refractivity contribution in [2.45, 2.75) is 44.4 Å². The summed E-state index contributed by atoms with van der Waals surface area (Å²) in [6.45, 7) is 3.94. The molecule has 2 saturated heterocycles. The van der Waals surface area contributed by atoms with Crippen molar-refractivity contribution in [3.63, 3.8) is 0 Å². The summed E-state index contributed by atoms with van der Waals surface area (Å²) in [4.78, 5) is 28.9. The number of nitrogens with zero attached hydrogens (tertiary/aromatic N) is 2. The number of fused-ring (bicyclic) bond motifs is 1. The highest BCUT2D eigenvalue weighted by atomic mass is 32.2. The maximum atomic E-state index is 12.2. The topological polar surface area (TPSA) is 104 Å². The fourth-order valence-electron chi connectivity index (χ4n) is 3.51. The standard InChI is InChI=1S/C18H22N2O5S2/c1-11-6-12(2)8-13(7-11)20-14-9-27(24,25)10-15(14)26-18(20)19-16(21)4-3-5-17(22)23/h6-8,14-15H,3-5,9-10H2,1-2H3,(H,22,23)/t14-,15-/m0/s1. The number of benzene rings is 1. The monoisotopic (exact) mass is 410 g/mol. The van der Waals surface area contributed by atoms with Crippen LogP contribution in [0.5, 0.6) is 0 Å². The summed E-state index contributed by atoms with van der Waals surface area (Å²) in [7, 11) is -3.11. The summed E-state index contributed by atoms with van der Waals surface area (Å²) >= 11 is 1.33. The molecule has 0 radical (unpaired) electrons. The van der Waals surface area contributed by atoms with Crippen LogP contribution in [0, 0.1) is 13.8 Å². The van der Waals surface area contributed by atoms with E-state index in [2.05, 4.69) is 4.99 Å². The Labute approximate surface area is 162 Å². The number of thioether (sulfide) groups is 1. The lowest BCUT2D eigenvalue weighted by Crippen LogP contribution is -2.37. The molecule has 0 aromatic heterocycles. The summed E-state index contributed by atoms with van der Waals surface area (Å²) < 4.78 is 24.2. The predicted molar refractivity (Wildman–Crippen MR) is 106 cm³/mol. The first kappa shape index (κ1) is 19.9. The molecule has 0 spiro atoms. The summed E-state index contributed by atoms with van der Waals surface area (Å²) in [5.74, 6) is -1.20. The molecule has 146 valence electrons. The van der Waals surface area contributed by atoms with Gasteiger partial charge in [0.05, 0.1) is 17.5 Å². The summed E-state index contributed by atoms with van der Waals surface area (Å²) in [5, 5.41) is 9.05. The van der Waals surface area contributed by atoms with Crippen LogP contribution < -0.4 is 4.90 Å². The normalized spacial score (nSPS) is 25.0. The predicted octanol–water partition coefficient (Wildman–Crippen LogP) is 2.16. The number of amidine groups is 1. The SMILES string of the molecule is Cc1cc(C)cc(N2C(=NC(=O)CCCC(=O)O)S[C@H]3CS(=O)(=O)C[C@@H]32)c1. The van der Waals surface area contributed by atoms with Gasteiger partial charge in [-0.1, -0.05) is 17.8 Å². The van der Waals surface area contributed by atoms with Gasteiger partial charge >= 0.3 is 5.97 Å². The van der Waals surface area contributed by atoms with E-state index < -0.39 is 15.8 Å². The minimum atomic E-state index is -3.11. The Morgan fingerprint density at radius 3 is 2.48 bits per heavy atom. The number of aliphatic carboxylic acids is 1. The highest BCUT2D eigenvalue weighted by Crippen LogP contribution is 2.41. The molecule has 2 aliphatic heterocycles. The van der Waals surface area contributed by atoms with Crippen molar-refractivity contribution in [1.82, 2.24) is 0 Å². The fourth-order valence-corrected chi connectivity index (χ4v) is 7.44. The van der Waals surface area contributed by atoms with Gasteiger partial charge in [0, 0.05) is 23.8 Å². The first-order valence-corrected chi connectivity index (χ1v) is 11.4. The van der Waals surface area contributed by atoms with Crippen molar-refractivity contribution in [2.24, 2.45) is 4.99 Å². The van der Waals surface area contributed by atoms with Gasteiger partial charge in [-0.2, -0.15) is 4.99 Å². The molecule has 0 bridgehead atoms. The van der Waals surface area contributed by atoms with Gasteiger partial charge in [-0.3, -0.25) is 9.59 Å². The number of hydrogen-bond acceptors (Lipinski definition) is 5. The number of carboxylic acid groups (broad SMARTS) is 1. The quantitative estimate of drug-likeness (QED) is 0.793. The van der Waals surface area contributed by atoms with Gasteiger partial charge < -0.3 is 10.0 Å². The van der Waals surface area contributed by atoms with E-state index in [1.54, 1.807) is 0 Å². The zero-order valence-corrected chi connectivity index (χ0v) is 16.8. The van der Waals surface area contributed by atoms with E-state index in [1.165, 1.54) is 11.8 Å². The van der Waals surface area contributed by atoms with Crippen molar-refractivity contribution in [1.29, 1.82) is 0 Å². The average molecular weight is 411 g/mol. The van der Waals surface area contributed by atoms with Crippen molar-refractivity contribution in [2.75, 3.05) is 16.4 Å². The van der Waals surface area contributed by atoms with Crippen LogP contribution in [0.25, 0.3) is 0 Å². The second-order valence-electron chi connectivity index (χ2n) is 7.05. The Bertz CT molecular complexity index is 890. The summed E-state index contributed by atoms with van der Waals surface area (Å²) in [6.07, 6.45) is 0.221. The molecule has 0 aliphatic carbocycles. The number of carboxylic acids is 1. The molecule has 2 atom stereocenters. The van der Waals surface area contributed by atoms with Crippen LogP contribution in [0.3, 0.4) is 0 Å². The lowest BCUT2D eigenvalue weighted by Gasteiger charge is -2.25. The number of anilines is 1. The molecule has 1 amide bonds. The van der Waals surface area contributed by atoms with Gasteiger partial charge in [0.15, 0.2) is 15.0 Å². The fraction of sp³-hybridized carbons (Fsp3) is 0.500. The number of carbonyl (C=O) groups is 2. The summed E-state index contributed by atoms with van der Waals surface area (Å²) in [5.41, 5.74) is 2.93. The number of rotatable bonds is 5. The molecule has 2 aliphatic rings. The first-order valence-electron chi connectivity index (χ1n) is 8.72. The van der Waals surface area contributed by atoms with Crippen LogP contribution in [0.1, 0.15) is 30.4 Å². The average Bonchev–Trinajstić information content (AvgIpc) is 2.96. The largest absolute Gasteiger partial charge is 0.481 e. The number of amides is 1. The smallest absolute Gasteiger partial charge is 0.303 e. The van der Waals surface area contributed by atoms with Crippen LogP contribution in [-0.4, -0.2) is 53.4 Å². The van der Waals surface area contributed by atoms with Gasteiger partial charge in [-0.15, -0.1) is 0 Å². The van der Waals surface area contributed by atoms with E-state index in [1.807, 2.05) is 36.9 Å². The van der Waals surface area contributed by atoms with E-state index in [-0.39, 0.29) is 48.0 Å². The Kier molecular flexibility index (Phi) is 5.62. The molecule has 1 N–H and O–H groups in total. The maximum absolute atomic E-state index is 12.2. The van der Waals surface area contributed by atoms with E-state index in [9.17, 15) is 18.0 Å². The lowest BCUT2D eigenvalue weighted by atomic mass is 10.1. The molecule has 1 aromatic rings. The zero-order valence-electron chi connectivity index (χ0n) is 15.2. The number of carbonyl (C=O) groups excluding carboxylic acids is 1. The molecule has 1 aromatic carbocycles. The van der Waals surface area contributed by atoms with E-state index in [0.717, 1.165) is 16.8 Å². The first-order chi connectivity index (χ1) is 12.6. The second kappa shape index (κ2) is 7.63. The Morgan fingerprint density at radius 1 is 1.19 bits per heavy atom. The van der Waals surface area contributed by atoms with Crippen molar-refractivity contribution >= 4 is 44.3 Å². The van der Waals surface area contributed by atoms with Crippen LogP contribution in [0.4, 0.5) is 5.69 Å². The lowest BCUT2D eigenvalue weighted by molar-refractivity contribution is -0.137. The third-order valence-electron chi connectivity index (χ3n) is 4.55. The molecule has 7 nitrogen and oxygen atoms in total. The minimum absolute atomic E-state index is 0.0455. The van der Waals surface area contributed by atoms with Gasteiger partial charge in [0.2, 0.25) is 5.91 Å². The molecular formula is C18H22N2O5S2. The van der Waals surface area contributed by atoms with Crippen LogP contribution >= 0.6 is 11.8 Å².